The highest BCUT2D eigenvalue weighted by Gasteiger charge is 2.18. The van der Waals surface area contributed by atoms with E-state index in [1.807, 2.05) is 13.0 Å². The zero-order valence-corrected chi connectivity index (χ0v) is 16.6. The Morgan fingerprint density at radius 3 is 2.93 bits per heavy atom. The molecule has 0 saturated heterocycles. The summed E-state index contributed by atoms with van der Waals surface area (Å²) in [6.07, 6.45) is 0.661. The van der Waals surface area contributed by atoms with Gasteiger partial charge in [0.25, 0.3) is 0 Å². The average Bonchev–Trinajstić information content (AvgIpc) is 3.18. The van der Waals surface area contributed by atoms with E-state index in [2.05, 4.69) is 15.0 Å². The van der Waals surface area contributed by atoms with Gasteiger partial charge in [0, 0.05) is 30.8 Å². The second-order valence-corrected chi connectivity index (χ2v) is 6.66. The lowest BCUT2D eigenvalue weighted by atomic mass is 10.2. The number of thiazole rings is 1. The minimum absolute atomic E-state index is 0.221. The molecule has 8 nitrogen and oxygen atoms in total. The predicted octanol–water partition coefficient (Wildman–Crippen LogP) is 3.26. The molecule has 0 saturated carbocycles. The van der Waals surface area contributed by atoms with Gasteiger partial charge in [-0.05, 0) is 31.5 Å². The van der Waals surface area contributed by atoms with Crippen LogP contribution in [0.25, 0.3) is 0 Å². The predicted molar refractivity (Wildman–Crippen MR) is 105 cm³/mol. The number of hydrogen-bond donors (Lipinski definition) is 1. The normalized spacial score (nSPS) is 10.2. The Bertz CT molecular complexity index is 846. The van der Waals surface area contributed by atoms with Crippen LogP contribution in [0.15, 0.2) is 29.6 Å². The molecule has 2 amide bonds. The Hall–Kier alpha value is -2.96. The maximum absolute atomic E-state index is 12.8. The molecule has 2 aromatic rings. The summed E-state index contributed by atoms with van der Waals surface area (Å²) in [5.41, 5.74) is 1.22. The molecule has 9 heteroatoms. The number of nitrogens with one attached hydrogen (secondary N) is 1. The van der Waals surface area contributed by atoms with Crippen molar-refractivity contribution in [3.63, 3.8) is 0 Å². The van der Waals surface area contributed by atoms with Crippen LogP contribution >= 0.6 is 11.3 Å². The van der Waals surface area contributed by atoms with Crippen LogP contribution in [0.1, 0.15) is 34.4 Å². The molecule has 0 bridgehead atoms. The molecule has 0 aliphatic rings. The van der Waals surface area contributed by atoms with Gasteiger partial charge in [-0.3, -0.25) is 0 Å². The van der Waals surface area contributed by atoms with Gasteiger partial charge in [-0.25, -0.2) is 14.6 Å². The summed E-state index contributed by atoms with van der Waals surface area (Å²) >= 11 is 1.29. The van der Waals surface area contributed by atoms with Crippen LogP contribution in [0.2, 0.25) is 0 Å². The maximum Gasteiger partial charge on any atom is 0.357 e. The molecule has 1 aromatic heterocycles. The number of nitrogens with zero attached hydrogens (tertiary/aromatic N) is 3. The van der Waals surface area contributed by atoms with Gasteiger partial charge in [0.15, 0.2) is 5.69 Å². The number of urea groups is 1. The monoisotopic (exact) mass is 402 g/mol. The first-order chi connectivity index (χ1) is 13.6. The van der Waals surface area contributed by atoms with Crippen molar-refractivity contribution in [3.05, 3.63) is 45.9 Å². The van der Waals surface area contributed by atoms with Crippen molar-refractivity contribution in [3.8, 4) is 6.07 Å². The largest absolute Gasteiger partial charge is 0.464 e. The van der Waals surface area contributed by atoms with E-state index in [1.54, 1.807) is 34.5 Å². The minimum Gasteiger partial charge on any atom is -0.464 e. The molecule has 2 rings (SSSR count). The molecule has 0 radical (unpaired) electrons. The Labute approximate surface area is 167 Å². The van der Waals surface area contributed by atoms with Crippen LogP contribution in [0.5, 0.6) is 0 Å². The number of amides is 2. The number of methoxy groups -OCH3 is 1. The van der Waals surface area contributed by atoms with Gasteiger partial charge in [-0.2, -0.15) is 5.26 Å². The summed E-state index contributed by atoms with van der Waals surface area (Å²) in [5, 5.41) is 14.0. The standard InChI is InChI=1S/C19H22N4O4S/c1-3-27-9-5-8-23(12-17-22-16(13-28-17)18(24)26-2)19(25)21-15-7-4-6-14(10-15)11-20/h4,6-7,10,13H,3,5,8-9,12H2,1-2H3,(H,21,25). The van der Waals surface area contributed by atoms with Crippen molar-refractivity contribution in [2.75, 3.05) is 32.2 Å². The first-order valence-electron chi connectivity index (χ1n) is 8.74. The van der Waals surface area contributed by atoms with Crippen LogP contribution in [0.4, 0.5) is 10.5 Å². The molecule has 1 N–H and O–H groups in total. The highest BCUT2D eigenvalue weighted by Crippen LogP contribution is 2.16. The molecule has 0 fully saturated rings. The summed E-state index contributed by atoms with van der Waals surface area (Å²) in [7, 11) is 1.30. The highest BCUT2D eigenvalue weighted by molar-refractivity contribution is 7.09. The van der Waals surface area contributed by atoms with Crippen molar-refractivity contribution < 1.29 is 19.1 Å². The van der Waals surface area contributed by atoms with Crippen molar-refractivity contribution >= 4 is 29.0 Å². The third-order valence-electron chi connectivity index (χ3n) is 3.72. The van der Waals surface area contributed by atoms with E-state index in [4.69, 9.17) is 10.00 Å². The fraction of sp³-hybridized carbons (Fsp3) is 0.368. The summed E-state index contributed by atoms with van der Waals surface area (Å²) in [4.78, 5) is 30.2. The van der Waals surface area contributed by atoms with Gasteiger partial charge in [0.2, 0.25) is 0 Å². The van der Waals surface area contributed by atoms with E-state index < -0.39 is 5.97 Å². The van der Waals surface area contributed by atoms with Crippen molar-refractivity contribution in [1.29, 1.82) is 5.26 Å². The molecule has 28 heavy (non-hydrogen) atoms. The minimum atomic E-state index is -0.511. The highest BCUT2D eigenvalue weighted by atomic mass is 32.1. The molecule has 0 atom stereocenters. The van der Waals surface area contributed by atoms with Crippen LogP contribution in [-0.2, 0) is 16.0 Å². The summed E-state index contributed by atoms with van der Waals surface area (Å²) < 4.78 is 10.0. The van der Waals surface area contributed by atoms with E-state index in [0.717, 1.165) is 0 Å². The third-order valence-corrected chi connectivity index (χ3v) is 4.56. The lowest BCUT2D eigenvalue weighted by Crippen LogP contribution is -2.35. The number of anilines is 1. The molecule has 1 heterocycles. The summed E-state index contributed by atoms with van der Waals surface area (Å²) in [5.74, 6) is -0.511. The number of nitriles is 1. The van der Waals surface area contributed by atoms with Gasteiger partial charge in [0.1, 0.15) is 5.01 Å². The van der Waals surface area contributed by atoms with Gasteiger partial charge in [-0.1, -0.05) is 6.07 Å². The lowest BCUT2D eigenvalue weighted by Gasteiger charge is -2.22. The Morgan fingerprint density at radius 1 is 1.39 bits per heavy atom. The molecular formula is C19H22N4O4S. The van der Waals surface area contributed by atoms with Crippen LogP contribution in [0.3, 0.4) is 0 Å². The van der Waals surface area contributed by atoms with E-state index in [1.165, 1.54) is 18.4 Å². The number of carbonyl (C=O) groups excluding carboxylic acids is 2. The van der Waals surface area contributed by atoms with Gasteiger partial charge >= 0.3 is 12.0 Å². The number of rotatable bonds is 9. The molecule has 1 aromatic carbocycles. The van der Waals surface area contributed by atoms with Crippen molar-refractivity contribution in [2.45, 2.75) is 19.9 Å². The third kappa shape index (κ3) is 6.33. The van der Waals surface area contributed by atoms with E-state index in [9.17, 15) is 9.59 Å². The SMILES string of the molecule is CCOCCCN(Cc1nc(C(=O)OC)cs1)C(=O)Nc1cccc(C#N)c1. The number of esters is 1. The molecule has 0 spiro atoms. The van der Waals surface area contributed by atoms with E-state index in [0.29, 0.717) is 42.4 Å². The summed E-state index contributed by atoms with van der Waals surface area (Å²) in [6.45, 7) is 3.77. The van der Waals surface area contributed by atoms with E-state index >= 15 is 0 Å². The lowest BCUT2D eigenvalue weighted by molar-refractivity contribution is 0.0594. The summed E-state index contributed by atoms with van der Waals surface area (Å²) in [6, 6.07) is 8.42. The zero-order valence-electron chi connectivity index (χ0n) is 15.8. The van der Waals surface area contributed by atoms with E-state index in [-0.39, 0.29) is 18.3 Å². The Balaban J connectivity index is 2.08. The topological polar surface area (TPSA) is 105 Å². The first-order valence-corrected chi connectivity index (χ1v) is 9.62. The Kier molecular flexibility index (Phi) is 8.39. The second-order valence-electron chi connectivity index (χ2n) is 5.71. The van der Waals surface area contributed by atoms with Gasteiger partial charge in [0.05, 0.1) is 25.3 Å². The number of aromatic nitrogens is 1. The smallest absolute Gasteiger partial charge is 0.357 e. The second kappa shape index (κ2) is 11.0. The number of carbonyl (C=O) groups is 2. The molecule has 0 aliphatic heterocycles. The first kappa shape index (κ1) is 21.3. The van der Waals surface area contributed by atoms with Crippen LogP contribution in [0, 0.1) is 11.3 Å². The fourth-order valence-electron chi connectivity index (χ4n) is 2.37. The quantitative estimate of drug-likeness (QED) is 0.510. The molecule has 0 aliphatic carbocycles. The maximum atomic E-state index is 12.8. The Morgan fingerprint density at radius 2 is 2.21 bits per heavy atom. The van der Waals surface area contributed by atoms with Crippen molar-refractivity contribution in [1.82, 2.24) is 9.88 Å². The van der Waals surface area contributed by atoms with Crippen molar-refractivity contribution in [2.24, 2.45) is 0 Å². The number of ether oxygens (including phenoxy) is 2. The molecular weight excluding hydrogens is 380 g/mol. The zero-order chi connectivity index (χ0) is 20.4. The number of benzene rings is 1. The van der Waals surface area contributed by atoms with Crippen LogP contribution < -0.4 is 5.32 Å². The molecule has 0 unspecified atom stereocenters. The molecule has 148 valence electrons. The van der Waals surface area contributed by atoms with Crippen LogP contribution in [-0.4, -0.2) is 48.8 Å². The number of hydrogen-bond acceptors (Lipinski definition) is 7. The van der Waals surface area contributed by atoms with Gasteiger partial charge < -0.3 is 19.7 Å². The van der Waals surface area contributed by atoms with Gasteiger partial charge in [-0.15, -0.1) is 11.3 Å². The average molecular weight is 402 g/mol. The fourth-order valence-corrected chi connectivity index (χ4v) is 3.15.